The fraction of sp³-hybridized carbons (Fsp3) is 0.632. The lowest BCUT2D eigenvalue weighted by molar-refractivity contribution is -0.777. The van der Waals surface area contributed by atoms with Crippen LogP contribution in [0.4, 0.5) is 14.5 Å². The monoisotopic (exact) mass is 398 g/mol. The second-order valence-corrected chi connectivity index (χ2v) is 9.20. The summed E-state index contributed by atoms with van der Waals surface area (Å²) >= 11 is -0.557. The van der Waals surface area contributed by atoms with Crippen molar-refractivity contribution in [2.24, 2.45) is 23.2 Å². The molecule has 0 N–H and O–H groups in total. The summed E-state index contributed by atoms with van der Waals surface area (Å²) in [4.78, 5) is 13.9. The second kappa shape index (κ2) is 7.31. The van der Waals surface area contributed by atoms with Crippen LogP contribution in [0.5, 0.6) is 0 Å². The number of anilines is 1. The van der Waals surface area contributed by atoms with Crippen LogP contribution in [0.2, 0.25) is 0 Å². The van der Waals surface area contributed by atoms with Crippen LogP contribution in [0.3, 0.4) is 0 Å². The van der Waals surface area contributed by atoms with Gasteiger partial charge in [-0.05, 0) is 73.8 Å². The molecular formula is C19H22F2NO4S-. The predicted octanol–water partition coefficient (Wildman–Crippen LogP) is 3.70. The summed E-state index contributed by atoms with van der Waals surface area (Å²) in [6, 6.07) is 8.53. The van der Waals surface area contributed by atoms with Gasteiger partial charge in [0.05, 0.1) is 0 Å². The number of rotatable bonds is 7. The normalized spacial score (nSPS) is 31.9. The van der Waals surface area contributed by atoms with Crippen LogP contribution in [-0.4, -0.2) is 17.7 Å². The molecule has 0 heterocycles. The minimum Gasteiger partial charge on any atom is -0.691 e. The van der Waals surface area contributed by atoms with Gasteiger partial charge in [-0.2, -0.15) is 13.1 Å². The predicted molar refractivity (Wildman–Crippen MR) is 94.1 cm³/mol. The highest BCUT2D eigenvalue weighted by atomic mass is 32.2. The highest BCUT2D eigenvalue weighted by molar-refractivity contribution is 7.96. The Morgan fingerprint density at radius 1 is 1.15 bits per heavy atom. The molecule has 0 aromatic heterocycles. The van der Waals surface area contributed by atoms with Gasteiger partial charge in [0.1, 0.15) is 12.0 Å². The summed E-state index contributed by atoms with van der Waals surface area (Å²) in [5.74, 6) is 0.565. The van der Waals surface area contributed by atoms with Crippen LogP contribution in [-0.2, 0) is 14.2 Å². The number of hydrogen-bond acceptors (Lipinski definition) is 5. The van der Waals surface area contributed by atoms with Crippen LogP contribution in [0.15, 0.2) is 30.3 Å². The van der Waals surface area contributed by atoms with Crippen molar-refractivity contribution >= 4 is 23.6 Å². The molecule has 1 aromatic carbocycles. The maximum Gasteiger partial charge on any atom is 0.397 e. The highest BCUT2D eigenvalue weighted by Crippen LogP contribution is 2.60. The quantitative estimate of drug-likeness (QED) is 0.398. The van der Waals surface area contributed by atoms with E-state index in [1.54, 1.807) is 30.3 Å². The molecule has 0 saturated heterocycles. The third kappa shape index (κ3) is 3.85. The lowest BCUT2D eigenvalue weighted by Gasteiger charge is -2.57. The van der Waals surface area contributed by atoms with Crippen molar-refractivity contribution in [1.29, 1.82) is 0 Å². The van der Waals surface area contributed by atoms with Gasteiger partial charge in [0.2, 0.25) is 0 Å². The third-order valence-electron chi connectivity index (χ3n) is 6.39. The highest BCUT2D eigenvalue weighted by Gasteiger charge is 2.54. The maximum absolute atomic E-state index is 14.3. The van der Waals surface area contributed by atoms with Crippen molar-refractivity contribution in [3.63, 3.8) is 0 Å². The van der Waals surface area contributed by atoms with Gasteiger partial charge in [0, 0.05) is 12.2 Å². The van der Waals surface area contributed by atoms with Gasteiger partial charge >= 0.3 is 11.2 Å². The van der Waals surface area contributed by atoms with Gasteiger partial charge in [-0.3, -0.25) is 9.83 Å². The van der Waals surface area contributed by atoms with Gasteiger partial charge in [0.15, 0.2) is 0 Å². The Labute approximate surface area is 161 Å². The first-order valence-electron chi connectivity index (χ1n) is 9.30. The van der Waals surface area contributed by atoms with Crippen LogP contribution in [0.25, 0.3) is 0 Å². The Morgan fingerprint density at radius 2 is 1.70 bits per heavy atom. The molecule has 5 nitrogen and oxygen atoms in total. The van der Waals surface area contributed by atoms with E-state index in [9.17, 15) is 18.8 Å². The molecule has 0 unspecified atom stereocenters. The first-order valence-corrected chi connectivity index (χ1v) is 10.0. The van der Waals surface area contributed by atoms with Crippen LogP contribution in [0, 0.1) is 23.2 Å². The maximum atomic E-state index is 14.3. The molecular weight excluding hydrogens is 376 g/mol. The standard InChI is InChI=1S/C19H23F2NO4S/c20-19(21,27-26-25-24)17(23)22(16-4-2-1-3-5-16)12-18-9-13-6-14(10-18)8-15(7-13)11-18/h1-5,13-15,24H,6-12H2/p-1. The van der Waals surface area contributed by atoms with Crippen molar-refractivity contribution in [3.8, 4) is 0 Å². The Balaban J connectivity index is 1.60. The van der Waals surface area contributed by atoms with Crippen LogP contribution >= 0.6 is 12.0 Å². The van der Waals surface area contributed by atoms with Crippen molar-refractivity contribution in [1.82, 2.24) is 0 Å². The number of halogens is 2. The summed E-state index contributed by atoms with van der Waals surface area (Å²) < 4.78 is 32.4. The SMILES string of the molecule is O=C(N(CC12CC3CC(CC(C3)C1)C2)c1ccccc1)C(F)(F)SOO[O-]. The van der Waals surface area contributed by atoms with Crippen molar-refractivity contribution in [2.75, 3.05) is 11.4 Å². The number of alkyl halides is 2. The third-order valence-corrected chi connectivity index (χ3v) is 6.89. The zero-order chi connectivity index (χ0) is 19.1. The minimum absolute atomic E-state index is 0.100. The number of hydrogen-bond donors (Lipinski definition) is 0. The summed E-state index contributed by atoms with van der Waals surface area (Å²) in [5, 5.41) is 9.03. The van der Waals surface area contributed by atoms with E-state index in [4.69, 9.17) is 0 Å². The van der Waals surface area contributed by atoms with E-state index in [1.165, 1.54) is 24.2 Å². The number of carbonyl (C=O) groups is 1. The van der Waals surface area contributed by atoms with E-state index < -0.39 is 23.2 Å². The lowest BCUT2D eigenvalue weighted by atomic mass is 9.49. The van der Waals surface area contributed by atoms with Crippen molar-refractivity contribution in [3.05, 3.63) is 30.3 Å². The zero-order valence-corrected chi connectivity index (χ0v) is 15.6. The van der Waals surface area contributed by atoms with E-state index in [0.717, 1.165) is 19.3 Å². The fourth-order valence-electron chi connectivity index (χ4n) is 5.96. The largest absolute Gasteiger partial charge is 0.691 e. The Morgan fingerprint density at radius 3 is 2.22 bits per heavy atom. The molecule has 27 heavy (non-hydrogen) atoms. The number of amides is 1. The van der Waals surface area contributed by atoms with E-state index in [-0.39, 0.29) is 12.0 Å². The average Bonchev–Trinajstić information content (AvgIpc) is 2.63. The van der Waals surface area contributed by atoms with E-state index >= 15 is 0 Å². The van der Waals surface area contributed by atoms with E-state index in [1.807, 2.05) is 0 Å². The number of para-hydroxylation sites is 1. The molecule has 4 aliphatic carbocycles. The average molecular weight is 398 g/mol. The molecule has 0 spiro atoms. The molecule has 0 atom stereocenters. The Hall–Kier alpha value is -1.22. The molecule has 1 aromatic rings. The summed E-state index contributed by atoms with van der Waals surface area (Å²) in [7, 11) is 0. The van der Waals surface area contributed by atoms with Gasteiger partial charge < -0.3 is 10.2 Å². The molecule has 4 fully saturated rings. The van der Waals surface area contributed by atoms with Gasteiger partial charge in [-0.1, -0.05) is 18.2 Å². The molecule has 5 rings (SSSR count). The van der Waals surface area contributed by atoms with Gasteiger partial charge in [0.25, 0.3) is 0 Å². The van der Waals surface area contributed by atoms with E-state index in [2.05, 4.69) is 9.37 Å². The van der Waals surface area contributed by atoms with E-state index in [0.29, 0.717) is 23.4 Å². The smallest absolute Gasteiger partial charge is 0.397 e. The first-order chi connectivity index (χ1) is 12.9. The number of nitrogens with zero attached hydrogens (tertiary/aromatic N) is 1. The molecule has 4 aliphatic rings. The topological polar surface area (TPSA) is 61.8 Å². The summed E-state index contributed by atoms with van der Waals surface area (Å²) in [5.41, 5.74) is 0.332. The van der Waals surface area contributed by atoms with Crippen LogP contribution < -0.4 is 10.2 Å². The molecule has 0 aliphatic heterocycles. The molecule has 4 bridgehead atoms. The van der Waals surface area contributed by atoms with Crippen molar-refractivity contribution < 1.29 is 28.2 Å². The molecule has 148 valence electrons. The van der Waals surface area contributed by atoms with Crippen molar-refractivity contribution in [2.45, 2.75) is 43.8 Å². The van der Waals surface area contributed by atoms with Gasteiger partial charge in [-0.25, -0.2) is 0 Å². The molecule has 1 amide bonds. The number of benzene rings is 1. The molecule has 8 heteroatoms. The number of carbonyl (C=O) groups excluding carboxylic acids is 1. The fourth-order valence-corrected chi connectivity index (χ4v) is 6.25. The Bertz CT molecular complexity index is 652. The zero-order valence-electron chi connectivity index (χ0n) is 14.8. The summed E-state index contributed by atoms with van der Waals surface area (Å²) in [6.45, 7) is 0.272. The summed E-state index contributed by atoms with van der Waals surface area (Å²) in [6.07, 6.45) is 6.69. The second-order valence-electron chi connectivity index (χ2n) is 8.38. The molecule has 4 saturated carbocycles. The van der Waals surface area contributed by atoms with Gasteiger partial charge in [-0.15, -0.1) is 0 Å². The minimum atomic E-state index is -3.91. The van der Waals surface area contributed by atoms with Crippen LogP contribution in [0.1, 0.15) is 38.5 Å². The Kier molecular flexibility index (Phi) is 5.18. The first kappa shape index (κ1) is 19.1. The molecule has 0 radical (unpaired) electrons. The lowest BCUT2D eigenvalue weighted by Crippen LogP contribution is -2.54.